The van der Waals surface area contributed by atoms with E-state index >= 15 is 0 Å². The third-order valence-electron chi connectivity index (χ3n) is 4.27. The molecule has 3 aromatic rings. The van der Waals surface area contributed by atoms with Gasteiger partial charge in [-0.2, -0.15) is 0 Å². The van der Waals surface area contributed by atoms with Gasteiger partial charge >= 0.3 is 5.97 Å². The Balaban J connectivity index is 2.29. The number of ether oxygens (including phenoxy) is 1. The third-order valence-corrected chi connectivity index (χ3v) is 4.94. The maximum absolute atomic E-state index is 14.3. The number of furan rings is 1. The lowest BCUT2D eigenvalue weighted by Gasteiger charge is -2.15. The number of fused-ring (bicyclic) bond motifs is 1. The number of halogens is 2. The number of carbonyl (C=O) groups is 1. The van der Waals surface area contributed by atoms with Crippen LogP contribution in [0.5, 0.6) is 0 Å². The summed E-state index contributed by atoms with van der Waals surface area (Å²) in [6, 6.07) is 4.83. The van der Waals surface area contributed by atoms with Gasteiger partial charge in [0.25, 0.3) is 5.56 Å². The van der Waals surface area contributed by atoms with Crippen molar-refractivity contribution in [2.75, 3.05) is 6.61 Å². The molecule has 26 heavy (non-hydrogen) atoms. The quantitative estimate of drug-likeness (QED) is 0.429. The molecule has 0 atom stereocenters. The van der Waals surface area contributed by atoms with E-state index < -0.39 is 11.8 Å². The van der Waals surface area contributed by atoms with E-state index in [9.17, 15) is 14.0 Å². The van der Waals surface area contributed by atoms with Crippen LogP contribution in [-0.4, -0.2) is 17.1 Å². The van der Waals surface area contributed by atoms with Crippen LogP contribution >= 0.6 is 22.6 Å². The second-order valence-corrected chi connectivity index (χ2v) is 7.19. The number of hydrogen-bond acceptors (Lipinski definition) is 4. The van der Waals surface area contributed by atoms with Gasteiger partial charge in [0.2, 0.25) is 0 Å². The van der Waals surface area contributed by atoms with Crippen LogP contribution in [0.25, 0.3) is 11.0 Å². The summed E-state index contributed by atoms with van der Waals surface area (Å²) in [4.78, 5) is 25.3. The molecule has 0 aliphatic rings. The Labute approximate surface area is 162 Å². The largest absolute Gasteiger partial charge is 0.463 e. The topological polar surface area (TPSA) is 61.4 Å². The van der Waals surface area contributed by atoms with E-state index in [1.807, 2.05) is 22.6 Å². The first-order valence-corrected chi connectivity index (χ1v) is 9.13. The molecule has 2 aromatic heterocycles. The Hall–Kier alpha value is -2.16. The van der Waals surface area contributed by atoms with Crippen molar-refractivity contribution in [3.63, 3.8) is 0 Å². The van der Waals surface area contributed by atoms with E-state index in [1.165, 1.54) is 16.9 Å². The molecular weight excluding hydrogens is 452 g/mol. The number of esters is 1. The number of aryl methyl sites for hydroxylation is 1. The lowest BCUT2D eigenvalue weighted by Crippen LogP contribution is -2.25. The molecular formula is C19H17FINO4. The minimum absolute atomic E-state index is 0.0678. The van der Waals surface area contributed by atoms with Gasteiger partial charge in [-0.1, -0.05) is 6.07 Å². The Morgan fingerprint density at radius 1 is 1.38 bits per heavy atom. The minimum atomic E-state index is -0.594. The van der Waals surface area contributed by atoms with Crippen LogP contribution in [-0.2, 0) is 18.2 Å². The summed E-state index contributed by atoms with van der Waals surface area (Å²) in [5.74, 6) is -0.988. The third kappa shape index (κ3) is 3.15. The highest BCUT2D eigenvalue weighted by Gasteiger charge is 2.26. The van der Waals surface area contributed by atoms with Gasteiger partial charge in [0.05, 0.1) is 18.3 Å². The number of rotatable bonds is 4. The van der Waals surface area contributed by atoms with Crippen molar-refractivity contribution >= 4 is 39.5 Å². The number of benzene rings is 1. The van der Waals surface area contributed by atoms with Crippen LogP contribution in [0.3, 0.4) is 0 Å². The molecule has 0 N–H and O–H groups in total. The minimum Gasteiger partial charge on any atom is -0.463 e. The van der Waals surface area contributed by atoms with Crippen LogP contribution in [0, 0.1) is 16.3 Å². The van der Waals surface area contributed by atoms with Crippen molar-refractivity contribution in [1.29, 1.82) is 0 Å². The zero-order chi connectivity index (χ0) is 19.0. The Morgan fingerprint density at radius 2 is 2.12 bits per heavy atom. The lowest BCUT2D eigenvalue weighted by molar-refractivity contribution is 0.0525. The number of carbonyl (C=O) groups excluding carboxylic acids is 1. The number of aromatic nitrogens is 1. The molecule has 0 spiro atoms. The maximum atomic E-state index is 14.3. The van der Waals surface area contributed by atoms with Crippen molar-refractivity contribution in [2.24, 2.45) is 7.05 Å². The smallest absolute Gasteiger partial charge is 0.343 e. The molecule has 7 heteroatoms. The summed E-state index contributed by atoms with van der Waals surface area (Å²) in [6.07, 6.45) is 1.50. The zero-order valence-electron chi connectivity index (χ0n) is 14.6. The summed E-state index contributed by atoms with van der Waals surface area (Å²) in [5, 5.41) is 0.336. The van der Waals surface area contributed by atoms with Gasteiger partial charge < -0.3 is 13.7 Å². The standard InChI is InChI=1S/C19H17FINO4/c1-4-25-19(24)16-14(7-11-5-6-12(21)8-13(11)20)22(3)18(23)15-10(2)9-26-17(15)16/h5-6,8-9H,4,7H2,1-3H3. The van der Waals surface area contributed by atoms with Gasteiger partial charge in [0, 0.05) is 28.3 Å². The molecule has 1 aromatic carbocycles. The van der Waals surface area contributed by atoms with E-state index in [-0.39, 0.29) is 29.7 Å². The van der Waals surface area contributed by atoms with E-state index in [0.717, 1.165) is 3.57 Å². The number of hydrogen-bond donors (Lipinski definition) is 0. The van der Waals surface area contributed by atoms with Gasteiger partial charge in [-0.15, -0.1) is 0 Å². The van der Waals surface area contributed by atoms with Crippen molar-refractivity contribution in [1.82, 2.24) is 4.57 Å². The highest BCUT2D eigenvalue weighted by atomic mass is 127. The average Bonchev–Trinajstić information content (AvgIpc) is 2.96. The fourth-order valence-corrected chi connectivity index (χ4v) is 3.40. The van der Waals surface area contributed by atoms with Crippen LogP contribution < -0.4 is 5.56 Å². The summed E-state index contributed by atoms with van der Waals surface area (Å²) in [7, 11) is 1.57. The van der Waals surface area contributed by atoms with Gasteiger partial charge in [-0.05, 0) is 54.1 Å². The van der Waals surface area contributed by atoms with E-state index in [1.54, 1.807) is 33.0 Å². The summed E-state index contributed by atoms with van der Waals surface area (Å²) >= 11 is 2.02. The first-order chi connectivity index (χ1) is 12.3. The Morgan fingerprint density at radius 3 is 2.77 bits per heavy atom. The molecule has 2 heterocycles. The first kappa shape index (κ1) is 18.6. The van der Waals surface area contributed by atoms with Crippen molar-refractivity contribution in [3.05, 3.63) is 66.6 Å². The number of pyridine rings is 1. The highest BCUT2D eigenvalue weighted by Crippen LogP contribution is 2.27. The molecule has 3 rings (SSSR count). The van der Waals surface area contributed by atoms with Crippen LogP contribution in [0.4, 0.5) is 4.39 Å². The summed E-state index contributed by atoms with van der Waals surface area (Å²) < 4.78 is 27.1. The summed E-state index contributed by atoms with van der Waals surface area (Å²) in [6.45, 7) is 3.61. The van der Waals surface area contributed by atoms with E-state index in [2.05, 4.69) is 0 Å². The molecule has 136 valence electrons. The summed E-state index contributed by atoms with van der Waals surface area (Å²) in [5.41, 5.74) is 1.43. The maximum Gasteiger partial charge on any atom is 0.343 e. The van der Waals surface area contributed by atoms with Gasteiger partial charge in [-0.25, -0.2) is 9.18 Å². The number of nitrogens with zero attached hydrogens (tertiary/aromatic N) is 1. The van der Waals surface area contributed by atoms with Gasteiger partial charge in [0.1, 0.15) is 11.4 Å². The zero-order valence-corrected chi connectivity index (χ0v) is 16.7. The highest BCUT2D eigenvalue weighted by molar-refractivity contribution is 14.1. The SMILES string of the molecule is CCOC(=O)c1c(Cc2ccc(I)cc2F)n(C)c(=O)c2c(C)coc12. The Kier molecular flexibility index (Phi) is 5.17. The second-order valence-electron chi connectivity index (χ2n) is 5.94. The Bertz CT molecular complexity index is 1070. The first-order valence-electron chi connectivity index (χ1n) is 8.05. The molecule has 0 fully saturated rings. The lowest BCUT2D eigenvalue weighted by atomic mass is 10.0. The second kappa shape index (κ2) is 7.22. The molecule has 0 aliphatic heterocycles. The molecule has 0 bridgehead atoms. The van der Waals surface area contributed by atoms with Crippen LogP contribution in [0.2, 0.25) is 0 Å². The van der Waals surface area contributed by atoms with Gasteiger partial charge in [-0.3, -0.25) is 4.79 Å². The fourth-order valence-electron chi connectivity index (χ4n) is 2.95. The van der Waals surface area contributed by atoms with E-state index in [4.69, 9.17) is 9.15 Å². The van der Waals surface area contributed by atoms with Crippen LogP contribution in [0.15, 0.2) is 33.7 Å². The predicted molar refractivity (Wildman–Crippen MR) is 104 cm³/mol. The van der Waals surface area contributed by atoms with Crippen molar-refractivity contribution < 1.29 is 18.3 Å². The normalized spacial score (nSPS) is 11.1. The van der Waals surface area contributed by atoms with Crippen molar-refractivity contribution in [2.45, 2.75) is 20.3 Å². The molecule has 5 nitrogen and oxygen atoms in total. The van der Waals surface area contributed by atoms with Crippen LogP contribution in [0.1, 0.15) is 34.1 Å². The van der Waals surface area contributed by atoms with Crippen molar-refractivity contribution in [3.8, 4) is 0 Å². The average molecular weight is 469 g/mol. The predicted octanol–water partition coefficient (Wildman–Crippen LogP) is 3.95. The molecule has 0 amide bonds. The van der Waals surface area contributed by atoms with Gasteiger partial charge in [0.15, 0.2) is 5.58 Å². The fraction of sp³-hybridized carbons (Fsp3) is 0.263. The molecule has 0 saturated carbocycles. The molecule has 0 unspecified atom stereocenters. The van der Waals surface area contributed by atoms with E-state index in [0.29, 0.717) is 22.2 Å². The monoisotopic (exact) mass is 469 g/mol. The molecule has 0 aliphatic carbocycles. The molecule has 0 radical (unpaired) electrons. The molecule has 0 saturated heterocycles.